The lowest BCUT2D eigenvalue weighted by Gasteiger charge is -2.16. The van der Waals surface area contributed by atoms with Crippen molar-refractivity contribution in [3.05, 3.63) is 54.6 Å². The number of aliphatic hydroxyl groups is 3. The van der Waals surface area contributed by atoms with Crippen molar-refractivity contribution in [2.75, 3.05) is 12.3 Å². The van der Waals surface area contributed by atoms with Crippen LogP contribution in [0, 0.1) is 0 Å². The predicted octanol–water partition coefficient (Wildman–Crippen LogP) is 0.322. The van der Waals surface area contributed by atoms with Gasteiger partial charge in [0.15, 0.2) is 23.5 Å². The number of imidazole rings is 1. The number of nitrogen functional groups attached to an aromatic ring is 1. The number of nitrogens with zero attached hydrogens (tertiary/aromatic N) is 6. The molecule has 0 radical (unpaired) electrons. The molecule has 11 nitrogen and oxygen atoms in total. The molecule has 11 heteroatoms. The Morgan fingerprint density at radius 2 is 1.91 bits per heavy atom. The first-order chi connectivity index (χ1) is 15.5. The van der Waals surface area contributed by atoms with E-state index >= 15 is 0 Å². The molecule has 1 aliphatic rings. The minimum absolute atomic E-state index is 0.169. The number of rotatable bonds is 6. The molecule has 0 unspecified atom stereocenters. The van der Waals surface area contributed by atoms with E-state index in [2.05, 4.69) is 20.1 Å². The van der Waals surface area contributed by atoms with E-state index in [1.54, 1.807) is 10.9 Å². The summed E-state index contributed by atoms with van der Waals surface area (Å²) in [6, 6.07) is 9.95. The molecule has 4 atom stereocenters. The molecule has 1 aromatic carbocycles. The number of nitrogens with two attached hydrogens (primary N) is 1. The monoisotopic (exact) mass is 437 g/mol. The molecule has 3 aromatic heterocycles. The Morgan fingerprint density at radius 3 is 2.69 bits per heavy atom. The number of hydrogen-bond donors (Lipinski definition) is 4. The second-order valence-corrected chi connectivity index (χ2v) is 7.73. The first-order valence-electron chi connectivity index (χ1n) is 10.2. The Hall–Kier alpha value is -3.38. The Morgan fingerprint density at radius 1 is 1.09 bits per heavy atom. The molecule has 32 heavy (non-hydrogen) atoms. The highest BCUT2D eigenvalue weighted by molar-refractivity contribution is 5.83. The third-order valence-electron chi connectivity index (χ3n) is 5.55. The second-order valence-electron chi connectivity index (χ2n) is 7.73. The van der Waals surface area contributed by atoms with Crippen LogP contribution in [0.2, 0.25) is 0 Å². The Balaban J connectivity index is 1.48. The second kappa shape index (κ2) is 8.28. The van der Waals surface area contributed by atoms with Crippen LogP contribution in [0.3, 0.4) is 0 Å². The Bertz CT molecular complexity index is 1230. The highest BCUT2D eigenvalue weighted by Gasteiger charge is 2.44. The molecule has 5 N–H and O–H groups in total. The summed E-state index contributed by atoms with van der Waals surface area (Å²) in [6.45, 7) is 0.431. The number of ether oxygens (including phenoxy) is 1. The van der Waals surface area contributed by atoms with Crippen molar-refractivity contribution >= 4 is 17.0 Å². The molecule has 5 rings (SSSR count). The van der Waals surface area contributed by atoms with Crippen LogP contribution in [0.1, 0.15) is 18.2 Å². The molecule has 166 valence electrons. The van der Waals surface area contributed by atoms with Crippen molar-refractivity contribution < 1.29 is 20.1 Å². The van der Waals surface area contributed by atoms with E-state index in [1.165, 1.54) is 10.9 Å². The topological polar surface area (TPSA) is 157 Å². The van der Waals surface area contributed by atoms with Crippen molar-refractivity contribution in [1.82, 2.24) is 29.3 Å². The van der Waals surface area contributed by atoms with Gasteiger partial charge >= 0.3 is 0 Å². The van der Waals surface area contributed by atoms with Gasteiger partial charge in [-0.3, -0.25) is 9.25 Å². The molecule has 1 fully saturated rings. The summed E-state index contributed by atoms with van der Waals surface area (Å²) in [5.41, 5.74) is 8.65. The van der Waals surface area contributed by atoms with E-state index < -0.39 is 24.5 Å². The predicted molar refractivity (Wildman–Crippen MR) is 114 cm³/mol. The summed E-state index contributed by atoms with van der Waals surface area (Å²) < 4.78 is 9.09. The van der Waals surface area contributed by atoms with E-state index in [-0.39, 0.29) is 18.8 Å². The fraction of sp³-hybridized carbons (Fsp3) is 0.333. The number of aliphatic hydroxyl groups excluding tert-OH is 3. The molecule has 0 saturated carbocycles. The highest BCUT2D eigenvalue weighted by atomic mass is 16.6. The average molecular weight is 437 g/mol. The summed E-state index contributed by atoms with van der Waals surface area (Å²) in [6.07, 6.45) is 1.16. The zero-order chi connectivity index (χ0) is 22.2. The number of benzene rings is 1. The van der Waals surface area contributed by atoms with Crippen LogP contribution in [-0.2, 0) is 11.3 Å². The smallest absolute Gasteiger partial charge is 0.168 e. The molecule has 0 aliphatic carbocycles. The van der Waals surface area contributed by atoms with Gasteiger partial charge in [-0.15, -0.1) is 0 Å². The van der Waals surface area contributed by atoms with Gasteiger partial charge < -0.3 is 25.8 Å². The van der Waals surface area contributed by atoms with Crippen LogP contribution >= 0.6 is 0 Å². The molecular weight excluding hydrogens is 414 g/mol. The number of hydrogen-bond acceptors (Lipinski definition) is 9. The quantitative estimate of drug-likeness (QED) is 0.333. The van der Waals surface area contributed by atoms with Gasteiger partial charge in [0.2, 0.25) is 0 Å². The van der Waals surface area contributed by atoms with Gasteiger partial charge in [0.1, 0.15) is 17.7 Å². The first kappa shape index (κ1) is 20.5. The number of aromatic nitrogens is 6. The Labute approximate surface area is 182 Å². The van der Waals surface area contributed by atoms with Gasteiger partial charge in [0, 0.05) is 12.8 Å². The van der Waals surface area contributed by atoms with Gasteiger partial charge in [0.05, 0.1) is 30.7 Å². The van der Waals surface area contributed by atoms with Crippen LogP contribution < -0.4 is 5.73 Å². The normalized spacial score (nSPS) is 23.2. The lowest BCUT2D eigenvalue weighted by atomic mass is 10.1. The molecule has 0 bridgehead atoms. The van der Waals surface area contributed by atoms with E-state index in [0.717, 1.165) is 5.56 Å². The van der Waals surface area contributed by atoms with Crippen LogP contribution in [0.4, 0.5) is 5.82 Å². The Kier molecular flexibility index (Phi) is 5.31. The van der Waals surface area contributed by atoms with Crippen molar-refractivity contribution in [3.63, 3.8) is 0 Å². The third kappa shape index (κ3) is 3.60. The minimum atomic E-state index is -1.21. The molecule has 0 amide bonds. The molecule has 4 aromatic rings. The molecule has 4 heterocycles. The first-order valence-corrected chi connectivity index (χ1v) is 10.2. The minimum Gasteiger partial charge on any atom is -0.396 e. The van der Waals surface area contributed by atoms with Crippen LogP contribution in [0.5, 0.6) is 0 Å². The SMILES string of the molecule is Nc1nc(-c2cnn(Cc3ccccc3)c2)nc2c1ncn2[C@@H]1O[C@H](CCO)[C@@H](O)[C@H]1O. The van der Waals surface area contributed by atoms with Gasteiger partial charge in [-0.1, -0.05) is 30.3 Å². The summed E-state index contributed by atoms with van der Waals surface area (Å²) in [7, 11) is 0. The van der Waals surface area contributed by atoms with Crippen LogP contribution in [0.25, 0.3) is 22.6 Å². The fourth-order valence-electron chi connectivity index (χ4n) is 3.91. The standard InChI is InChI=1S/C21H23N7O4/c22-18-15-20(28(11-23-15)21-17(31)16(30)14(32-21)6-7-29)26-19(25-18)13-8-24-27(10-13)9-12-4-2-1-3-5-12/h1-5,8,10-11,14,16-17,21,29-31H,6-7,9H2,(H2,22,25,26)/t14-,16-,17-,21-/m1/s1. The van der Waals surface area contributed by atoms with E-state index in [1.807, 2.05) is 36.5 Å². The van der Waals surface area contributed by atoms with E-state index in [4.69, 9.17) is 10.5 Å². The van der Waals surface area contributed by atoms with Crippen molar-refractivity contribution in [3.8, 4) is 11.4 Å². The zero-order valence-corrected chi connectivity index (χ0v) is 17.1. The van der Waals surface area contributed by atoms with Gasteiger partial charge in [0.25, 0.3) is 0 Å². The number of anilines is 1. The summed E-state index contributed by atoms with van der Waals surface area (Å²) in [5.74, 6) is 0.538. The maximum absolute atomic E-state index is 10.5. The van der Waals surface area contributed by atoms with Crippen molar-refractivity contribution in [1.29, 1.82) is 0 Å². The highest BCUT2D eigenvalue weighted by Crippen LogP contribution is 2.33. The molecular formula is C21H23N7O4. The van der Waals surface area contributed by atoms with Gasteiger partial charge in [-0.2, -0.15) is 5.10 Å². The molecule has 0 spiro atoms. The van der Waals surface area contributed by atoms with E-state index in [0.29, 0.717) is 29.1 Å². The van der Waals surface area contributed by atoms with Crippen molar-refractivity contribution in [2.45, 2.75) is 37.5 Å². The molecule has 1 saturated heterocycles. The van der Waals surface area contributed by atoms with Gasteiger partial charge in [-0.05, 0) is 12.0 Å². The van der Waals surface area contributed by atoms with E-state index in [9.17, 15) is 15.3 Å². The fourth-order valence-corrected chi connectivity index (χ4v) is 3.91. The lowest BCUT2D eigenvalue weighted by Crippen LogP contribution is -2.31. The van der Waals surface area contributed by atoms with Crippen LogP contribution in [-0.4, -0.2) is 69.5 Å². The number of fused-ring (bicyclic) bond motifs is 1. The summed E-state index contributed by atoms with van der Waals surface area (Å²) >= 11 is 0. The van der Waals surface area contributed by atoms with Crippen molar-refractivity contribution in [2.24, 2.45) is 0 Å². The summed E-state index contributed by atoms with van der Waals surface area (Å²) in [4.78, 5) is 13.2. The van der Waals surface area contributed by atoms with Crippen LogP contribution in [0.15, 0.2) is 49.1 Å². The summed E-state index contributed by atoms with van der Waals surface area (Å²) in [5, 5.41) is 34.3. The maximum atomic E-state index is 10.5. The average Bonchev–Trinajstić information content (AvgIpc) is 3.49. The van der Waals surface area contributed by atoms with Gasteiger partial charge in [-0.25, -0.2) is 15.0 Å². The largest absolute Gasteiger partial charge is 0.396 e. The third-order valence-corrected chi connectivity index (χ3v) is 5.55. The zero-order valence-electron chi connectivity index (χ0n) is 17.1. The lowest BCUT2D eigenvalue weighted by molar-refractivity contribution is -0.0405. The molecule has 1 aliphatic heterocycles. The maximum Gasteiger partial charge on any atom is 0.168 e.